The first-order chi connectivity index (χ1) is 31.7. The quantitative estimate of drug-likeness (QED) is 0.0573. The van der Waals surface area contributed by atoms with Gasteiger partial charge in [-0.1, -0.05) is 88.0 Å². The molecule has 11 amide bonds. The summed E-state index contributed by atoms with van der Waals surface area (Å²) in [6.07, 6.45) is 26.5. The zero-order chi connectivity index (χ0) is 48.5. The van der Waals surface area contributed by atoms with E-state index in [1.54, 1.807) is 0 Å². The molecule has 5 heterocycles. The van der Waals surface area contributed by atoms with Gasteiger partial charge in [-0.25, -0.2) is 4.79 Å². The van der Waals surface area contributed by atoms with E-state index < -0.39 is 17.9 Å². The molecule has 70 heavy (non-hydrogen) atoms. The maximum absolute atomic E-state index is 12.0. The van der Waals surface area contributed by atoms with Gasteiger partial charge in [-0.2, -0.15) is 4.90 Å². The SMILES string of the molecule is C.C.C.C.CCCOCC.COC(=O)N1C(=O)C=CC1=O.O=C1C=CC(=O)N1CCCCCC(CCCCCN1C(=O)C=CC1=O)(CCCCCN1C(=O)C=CC1=O)CCCCCN1C(=O)C=CC1=O. The van der Waals surface area contributed by atoms with Gasteiger partial charge in [-0.05, 0) is 70.1 Å². The molecule has 0 unspecified atom stereocenters. The maximum atomic E-state index is 12.0. The Bertz CT molecular complexity index is 1640. The molecule has 0 aromatic carbocycles. The number of carbonyl (C=O) groups excluding carboxylic acids is 11. The van der Waals surface area contributed by atoms with E-state index in [0.717, 1.165) is 142 Å². The first-order valence-electron chi connectivity index (χ1n) is 23.0. The van der Waals surface area contributed by atoms with Crippen LogP contribution in [0, 0.1) is 5.41 Å². The molecule has 0 bridgehead atoms. The van der Waals surface area contributed by atoms with Gasteiger partial charge in [0.05, 0.1) is 7.11 Å². The Morgan fingerprint density at radius 2 is 0.643 bits per heavy atom. The van der Waals surface area contributed by atoms with E-state index in [4.69, 9.17) is 4.74 Å². The van der Waals surface area contributed by atoms with E-state index in [1.807, 2.05) is 6.92 Å². The van der Waals surface area contributed by atoms with Gasteiger partial charge in [0.25, 0.3) is 59.1 Å². The van der Waals surface area contributed by atoms with Crippen molar-refractivity contribution < 1.29 is 62.2 Å². The van der Waals surface area contributed by atoms with Crippen molar-refractivity contribution in [1.82, 2.24) is 24.5 Å². The molecular formula is C52H81N5O13. The van der Waals surface area contributed by atoms with Gasteiger partial charge < -0.3 is 9.47 Å². The summed E-state index contributed by atoms with van der Waals surface area (Å²) in [5, 5.41) is 0. The lowest BCUT2D eigenvalue weighted by Crippen LogP contribution is -2.35. The third kappa shape index (κ3) is 21.2. The topological polar surface area (TPSA) is 222 Å². The summed E-state index contributed by atoms with van der Waals surface area (Å²) < 4.78 is 9.16. The van der Waals surface area contributed by atoms with E-state index in [1.165, 1.54) is 68.2 Å². The molecule has 0 atom stereocenters. The van der Waals surface area contributed by atoms with Crippen molar-refractivity contribution in [3.63, 3.8) is 0 Å². The van der Waals surface area contributed by atoms with E-state index in [2.05, 4.69) is 11.7 Å². The summed E-state index contributed by atoms with van der Waals surface area (Å²) in [7, 11) is 1.10. The number of imide groups is 7. The van der Waals surface area contributed by atoms with Crippen molar-refractivity contribution >= 4 is 65.2 Å². The Morgan fingerprint density at radius 1 is 0.400 bits per heavy atom. The van der Waals surface area contributed by atoms with Crippen LogP contribution in [0.15, 0.2) is 60.8 Å². The standard InChI is InChI=1S/C37H48N4O8.C6H5NO4.C5H12O.4CH4/c42-29-13-14-30(43)38(29)25-9-1-5-21-37(22-6-2-10-26-39-31(44)15-16-32(39)45,23-7-3-11-27-40-33(46)17-18-34(40)47)24-8-4-12-28-41-35(48)19-20-36(41)49;1-11-6(10)7-4(8)2-3-5(7)9;1-3-5-6-4-2;;;;/h13-20H,1-12,21-28H2;2-3H,1H3;3-5H2,1-2H3;4*1H4. The fourth-order valence-electron chi connectivity index (χ4n) is 8.10. The molecule has 0 radical (unpaired) electrons. The maximum Gasteiger partial charge on any atom is 0.423 e. The number of rotatable bonds is 27. The number of nitrogens with zero attached hydrogens (tertiary/aromatic N) is 5. The second-order valence-electron chi connectivity index (χ2n) is 16.4. The minimum absolute atomic E-state index is 0. The average molecular weight is 984 g/mol. The van der Waals surface area contributed by atoms with Crippen LogP contribution in [-0.4, -0.2) is 136 Å². The van der Waals surface area contributed by atoms with Gasteiger partial charge >= 0.3 is 6.09 Å². The third-order valence-corrected chi connectivity index (χ3v) is 11.7. The van der Waals surface area contributed by atoms with Crippen molar-refractivity contribution in [2.24, 2.45) is 5.41 Å². The molecule has 5 aliphatic heterocycles. The highest BCUT2D eigenvalue weighted by atomic mass is 16.5. The molecule has 0 aromatic rings. The zero-order valence-electron chi connectivity index (χ0n) is 38.6. The number of hydrogen-bond acceptors (Lipinski definition) is 13. The van der Waals surface area contributed by atoms with Crippen molar-refractivity contribution in [2.45, 2.75) is 153 Å². The molecule has 0 saturated carbocycles. The smallest absolute Gasteiger partial charge is 0.423 e. The molecule has 18 heteroatoms. The van der Waals surface area contributed by atoms with Crippen molar-refractivity contribution in [3.05, 3.63) is 60.8 Å². The summed E-state index contributed by atoms with van der Waals surface area (Å²) in [6.45, 7) is 7.46. The lowest BCUT2D eigenvalue weighted by molar-refractivity contribution is -0.138. The fourth-order valence-corrected chi connectivity index (χ4v) is 8.10. The van der Waals surface area contributed by atoms with Crippen LogP contribution in [0.5, 0.6) is 0 Å². The monoisotopic (exact) mass is 984 g/mol. The highest BCUT2D eigenvalue weighted by Crippen LogP contribution is 2.42. The lowest BCUT2D eigenvalue weighted by Gasteiger charge is -2.35. The first kappa shape index (κ1) is 65.9. The predicted molar refractivity (Wildman–Crippen MR) is 267 cm³/mol. The molecular weight excluding hydrogens is 903 g/mol. The van der Waals surface area contributed by atoms with Crippen LogP contribution in [-0.2, 0) is 57.4 Å². The van der Waals surface area contributed by atoms with E-state index in [-0.39, 0.29) is 82.4 Å². The summed E-state index contributed by atoms with van der Waals surface area (Å²) >= 11 is 0. The predicted octanol–water partition coefficient (Wildman–Crippen LogP) is 7.57. The summed E-state index contributed by atoms with van der Waals surface area (Å²) in [6, 6.07) is 0. The van der Waals surface area contributed by atoms with Crippen LogP contribution in [0.25, 0.3) is 0 Å². The van der Waals surface area contributed by atoms with E-state index in [9.17, 15) is 52.7 Å². The summed E-state index contributed by atoms with van der Waals surface area (Å²) in [5.74, 6) is -3.49. The molecule has 392 valence electrons. The minimum Gasteiger partial charge on any atom is -0.452 e. The Morgan fingerprint density at radius 3 is 0.843 bits per heavy atom. The van der Waals surface area contributed by atoms with Gasteiger partial charge in [0.15, 0.2) is 0 Å². The molecule has 0 spiro atoms. The molecule has 0 fully saturated rings. The highest BCUT2D eigenvalue weighted by Gasteiger charge is 2.32. The normalized spacial score (nSPS) is 15.6. The molecule has 0 N–H and O–H groups in total. The van der Waals surface area contributed by atoms with Gasteiger partial charge in [0.2, 0.25) is 0 Å². The Labute approximate surface area is 416 Å². The van der Waals surface area contributed by atoms with Crippen molar-refractivity contribution in [1.29, 1.82) is 0 Å². The van der Waals surface area contributed by atoms with Crippen LogP contribution >= 0.6 is 0 Å². The lowest BCUT2D eigenvalue weighted by atomic mass is 9.70. The van der Waals surface area contributed by atoms with Gasteiger partial charge in [-0.15, -0.1) is 0 Å². The van der Waals surface area contributed by atoms with E-state index in [0.29, 0.717) is 31.1 Å². The zero-order valence-corrected chi connectivity index (χ0v) is 38.6. The Kier molecular flexibility index (Phi) is 33.0. The number of amides is 11. The van der Waals surface area contributed by atoms with Crippen LogP contribution in [0.1, 0.15) is 153 Å². The van der Waals surface area contributed by atoms with Crippen molar-refractivity contribution in [3.8, 4) is 0 Å². The molecule has 0 aromatic heterocycles. The Balaban J connectivity index is 0. The molecule has 18 nitrogen and oxygen atoms in total. The second kappa shape index (κ2) is 35.0. The number of hydrogen-bond donors (Lipinski definition) is 0. The summed E-state index contributed by atoms with van der Waals surface area (Å²) in [5.41, 5.74) is 0.00333. The highest BCUT2D eigenvalue weighted by molar-refractivity contribution is 6.21. The van der Waals surface area contributed by atoms with E-state index >= 15 is 0 Å². The third-order valence-electron chi connectivity index (χ3n) is 11.7. The number of ether oxygens (including phenoxy) is 2. The molecule has 0 aliphatic carbocycles. The van der Waals surface area contributed by atoms with Crippen LogP contribution in [0.2, 0.25) is 0 Å². The number of carbonyl (C=O) groups is 11. The van der Waals surface area contributed by atoms with Crippen LogP contribution in [0.3, 0.4) is 0 Å². The van der Waals surface area contributed by atoms with Gasteiger partial charge in [-0.3, -0.25) is 67.5 Å². The van der Waals surface area contributed by atoms with Crippen LogP contribution in [0.4, 0.5) is 4.79 Å². The van der Waals surface area contributed by atoms with Crippen molar-refractivity contribution in [2.75, 3.05) is 46.5 Å². The first-order valence-corrected chi connectivity index (χ1v) is 23.0. The Hall–Kier alpha value is -6.17. The van der Waals surface area contributed by atoms with Gasteiger partial charge in [0.1, 0.15) is 0 Å². The minimum atomic E-state index is -0.954. The largest absolute Gasteiger partial charge is 0.452 e. The molecule has 5 rings (SSSR count). The molecule has 0 saturated heterocycles. The fraction of sp³-hybridized carbons (Fsp3) is 0.596. The summed E-state index contributed by atoms with van der Waals surface area (Å²) in [4.78, 5) is 133. The number of unbranched alkanes of at least 4 members (excludes halogenated alkanes) is 8. The average Bonchev–Trinajstić information content (AvgIpc) is 4.09. The second-order valence-corrected chi connectivity index (χ2v) is 16.4. The van der Waals surface area contributed by atoms with Crippen LogP contribution < -0.4 is 0 Å². The van der Waals surface area contributed by atoms with Gasteiger partial charge in [0, 0.05) is 100 Å². The number of methoxy groups -OCH3 is 1. The molecule has 5 aliphatic rings.